The Hall–Kier alpha value is -4.68. The first-order chi connectivity index (χ1) is 20.7. The first-order valence-electron chi connectivity index (χ1n) is 14.0. The average molecular weight is 622 g/mol. The fourth-order valence-corrected chi connectivity index (χ4v) is 6.44. The first kappa shape index (κ1) is 30.8. The molecule has 230 valence electrons. The maximum Gasteiger partial charge on any atom is 0.405 e. The molecule has 2 heterocycles. The van der Waals surface area contributed by atoms with E-state index in [4.69, 9.17) is 9.57 Å². The van der Waals surface area contributed by atoms with Crippen molar-refractivity contribution in [3.05, 3.63) is 82.9 Å². The quantitative estimate of drug-likeness (QED) is 0.0800. The van der Waals surface area contributed by atoms with Gasteiger partial charge in [-0.2, -0.15) is 13.0 Å². The molecule has 11 nitrogen and oxygen atoms in total. The highest BCUT2D eigenvalue weighted by Gasteiger charge is 2.51. The highest BCUT2D eigenvalue weighted by atomic mass is 32.2. The monoisotopic (exact) mass is 621 g/mol. The summed E-state index contributed by atoms with van der Waals surface area (Å²) >= 11 is 0. The third kappa shape index (κ3) is 5.78. The van der Waals surface area contributed by atoms with Gasteiger partial charge in [-0.05, 0) is 74.2 Å². The summed E-state index contributed by atoms with van der Waals surface area (Å²) in [6.45, 7) is 7.56. The number of fused-ring (bicyclic) bond motifs is 3. The van der Waals surface area contributed by atoms with E-state index < -0.39 is 39.2 Å². The Morgan fingerprint density at radius 3 is 2.18 bits per heavy atom. The number of carbonyl (C=O) groups excluding carboxylic acids is 2. The van der Waals surface area contributed by atoms with E-state index in [0.717, 1.165) is 22.0 Å². The minimum atomic E-state index is -4.12. The van der Waals surface area contributed by atoms with E-state index in [1.807, 2.05) is 54.8 Å². The third-order valence-electron chi connectivity index (χ3n) is 7.77. The fourth-order valence-electron chi connectivity index (χ4n) is 5.87. The zero-order chi connectivity index (χ0) is 32.0. The molecule has 1 aliphatic rings. The van der Waals surface area contributed by atoms with Crippen LogP contribution in [0.1, 0.15) is 53.7 Å². The number of unbranched alkanes of at least 4 members (excludes halogenated alkanes) is 1. The topological polar surface area (TPSA) is 155 Å². The molecule has 0 fully saturated rings. The van der Waals surface area contributed by atoms with E-state index in [1.54, 1.807) is 13.8 Å². The Bertz CT molecular complexity index is 1910. The van der Waals surface area contributed by atoms with Gasteiger partial charge in [-0.3, -0.25) is 4.55 Å². The number of nitrogens with zero attached hydrogens (tertiary/aromatic N) is 2. The van der Waals surface area contributed by atoms with Crippen molar-refractivity contribution >= 4 is 44.2 Å². The summed E-state index contributed by atoms with van der Waals surface area (Å²) in [6, 6.07) is 17.1. The second-order valence-electron chi connectivity index (χ2n) is 11.4. The summed E-state index contributed by atoms with van der Waals surface area (Å²) < 4.78 is 40.3. The zero-order valence-corrected chi connectivity index (χ0v) is 25.5. The SMILES string of the molecule is Cc1cc(C(=O)On2c(O)ccc2O)cc(C)c1OC(=O)C1=[N+](CCCCS(=O)(=O)O)c2ccc3ccccc3c2C1(C)C. The van der Waals surface area contributed by atoms with Gasteiger partial charge in [0.2, 0.25) is 17.4 Å². The molecule has 5 rings (SSSR count). The summed E-state index contributed by atoms with van der Waals surface area (Å²) in [5, 5.41) is 21.6. The lowest BCUT2D eigenvalue weighted by Crippen LogP contribution is -2.39. The summed E-state index contributed by atoms with van der Waals surface area (Å²) in [7, 11) is -4.12. The van der Waals surface area contributed by atoms with E-state index in [2.05, 4.69) is 0 Å². The van der Waals surface area contributed by atoms with Gasteiger partial charge in [0.15, 0.2) is 0 Å². The number of hydrogen-bond acceptors (Lipinski definition) is 8. The van der Waals surface area contributed by atoms with Crippen molar-refractivity contribution in [2.24, 2.45) is 0 Å². The van der Waals surface area contributed by atoms with Gasteiger partial charge in [-0.15, -0.1) is 4.73 Å². The molecule has 0 amide bonds. The van der Waals surface area contributed by atoms with Crippen LogP contribution in [0, 0.1) is 13.8 Å². The van der Waals surface area contributed by atoms with Crippen molar-refractivity contribution in [1.29, 1.82) is 0 Å². The van der Waals surface area contributed by atoms with Gasteiger partial charge >= 0.3 is 11.9 Å². The number of rotatable bonds is 9. The summed E-state index contributed by atoms with van der Waals surface area (Å²) in [4.78, 5) is 31.9. The Morgan fingerprint density at radius 2 is 1.55 bits per heavy atom. The Kier molecular flexibility index (Phi) is 8.00. The molecule has 0 aliphatic carbocycles. The van der Waals surface area contributed by atoms with Crippen molar-refractivity contribution in [1.82, 2.24) is 4.73 Å². The molecule has 44 heavy (non-hydrogen) atoms. The number of hydrogen-bond donors (Lipinski definition) is 3. The molecule has 0 saturated heterocycles. The molecular formula is C32H33N2O9S+. The Morgan fingerprint density at radius 1 is 0.909 bits per heavy atom. The van der Waals surface area contributed by atoms with Gasteiger partial charge in [0.1, 0.15) is 12.3 Å². The molecule has 0 saturated carbocycles. The van der Waals surface area contributed by atoms with Crippen LogP contribution < -0.4 is 9.57 Å². The molecule has 0 atom stereocenters. The maximum absolute atomic E-state index is 14.1. The van der Waals surface area contributed by atoms with Crippen LogP contribution in [0.5, 0.6) is 17.5 Å². The number of carbonyl (C=O) groups is 2. The van der Waals surface area contributed by atoms with Gasteiger partial charge < -0.3 is 19.8 Å². The van der Waals surface area contributed by atoms with Gasteiger partial charge in [-0.25, -0.2) is 9.59 Å². The predicted octanol–water partition coefficient (Wildman–Crippen LogP) is 4.59. The van der Waals surface area contributed by atoms with Gasteiger partial charge in [0, 0.05) is 30.2 Å². The lowest BCUT2D eigenvalue weighted by atomic mass is 9.79. The normalized spacial score (nSPS) is 14.1. The molecule has 12 heteroatoms. The predicted molar refractivity (Wildman–Crippen MR) is 163 cm³/mol. The summed E-state index contributed by atoms with van der Waals surface area (Å²) in [5.74, 6) is -2.49. The van der Waals surface area contributed by atoms with Crippen molar-refractivity contribution in [3.63, 3.8) is 0 Å². The Balaban J connectivity index is 1.48. The third-order valence-corrected chi connectivity index (χ3v) is 8.58. The lowest BCUT2D eigenvalue weighted by Gasteiger charge is -2.19. The number of benzene rings is 3. The maximum atomic E-state index is 14.1. The number of aromatic hydroxyl groups is 2. The molecule has 0 bridgehead atoms. The average Bonchev–Trinajstić information content (AvgIpc) is 3.39. The standard InChI is InChI=1S/C32H32N2O9S/c1-19-17-22(30(37)43-34-25(35)13-14-26(34)36)18-20(2)28(19)42-31(38)29-32(3,4)27-23-10-6-5-9-21(23)11-12-24(27)33(29)15-7-8-16-44(39,40)41/h5-6,9-14,17-18H,7-8,15-16H2,1-4H3,(H2,38,39,40,41)/p+1. The van der Waals surface area contributed by atoms with Crippen LogP contribution in [-0.4, -0.2) is 62.4 Å². The molecule has 0 unspecified atom stereocenters. The smallest absolute Gasteiger partial charge is 0.405 e. The number of aromatic nitrogens is 1. The van der Waals surface area contributed by atoms with Gasteiger partial charge in [0.05, 0.1) is 16.7 Å². The highest BCUT2D eigenvalue weighted by Crippen LogP contribution is 2.44. The number of ether oxygens (including phenoxy) is 1. The number of aryl methyl sites for hydroxylation is 2. The van der Waals surface area contributed by atoms with E-state index >= 15 is 0 Å². The molecule has 0 spiro atoms. The van der Waals surface area contributed by atoms with E-state index in [-0.39, 0.29) is 23.5 Å². The zero-order valence-electron chi connectivity index (χ0n) is 24.7. The van der Waals surface area contributed by atoms with Crippen LogP contribution in [0.3, 0.4) is 0 Å². The molecule has 4 aromatic rings. The van der Waals surface area contributed by atoms with Crippen LogP contribution in [0.4, 0.5) is 5.69 Å². The molecule has 3 aromatic carbocycles. The minimum Gasteiger partial charge on any atom is -0.492 e. The second kappa shape index (κ2) is 11.4. The molecule has 3 N–H and O–H groups in total. The van der Waals surface area contributed by atoms with Gasteiger partial charge in [0.25, 0.3) is 15.8 Å². The lowest BCUT2D eigenvalue weighted by molar-refractivity contribution is -0.438. The summed E-state index contributed by atoms with van der Waals surface area (Å²) in [6.07, 6.45) is 0.593. The van der Waals surface area contributed by atoms with Crippen LogP contribution in [-0.2, 0) is 20.3 Å². The van der Waals surface area contributed by atoms with Crippen molar-refractivity contribution < 1.29 is 46.9 Å². The first-order valence-corrected chi connectivity index (χ1v) is 15.6. The molecule has 1 aromatic heterocycles. The summed E-state index contributed by atoms with van der Waals surface area (Å²) in [5.41, 5.74) is 2.41. The van der Waals surface area contributed by atoms with E-state index in [9.17, 15) is 32.8 Å². The second-order valence-corrected chi connectivity index (χ2v) is 12.9. The largest absolute Gasteiger partial charge is 0.492 e. The van der Waals surface area contributed by atoms with Crippen molar-refractivity contribution in [2.75, 3.05) is 12.3 Å². The van der Waals surface area contributed by atoms with Crippen molar-refractivity contribution in [3.8, 4) is 17.5 Å². The van der Waals surface area contributed by atoms with Crippen molar-refractivity contribution in [2.45, 2.75) is 46.0 Å². The highest BCUT2D eigenvalue weighted by molar-refractivity contribution is 7.85. The van der Waals surface area contributed by atoms with E-state index in [1.165, 1.54) is 24.3 Å². The van der Waals surface area contributed by atoms with Crippen LogP contribution >= 0.6 is 0 Å². The van der Waals surface area contributed by atoms with Gasteiger partial charge in [-0.1, -0.05) is 24.3 Å². The minimum absolute atomic E-state index is 0.112. The molecule has 0 radical (unpaired) electrons. The number of esters is 1. The van der Waals surface area contributed by atoms with Crippen LogP contribution in [0.15, 0.2) is 60.7 Å². The van der Waals surface area contributed by atoms with E-state index in [0.29, 0.717) is 34.5 Å². The Labute approximate surface area is 254 Å². The van der Waals surface area contributed by atoms with Crippen LogP contribution in [0.2, 0.25) is 0 Å². The molecule has 1 aliphatic heterocycles. The van der Waals surface area contributed by atoms with Crippen LogP contribution in [0.25, 0.3) is 10.8 Å². The fraction of sp³-hybridized carbons (Fsp3) is 0.281. The molecular weight excluding hydrogens is 588 g/mol.